The van der Waals surface area contributed by atoms with Crippen molar-refractivity contribution in [2.24, 2.45) is 5.10 Å². The topological polar surface area (TPSA) is 50.7 Å². The maximum absolute atomic E-state index is 11.9. The molecular formula is C19H20BrIN2O2. The fourth-order valence-corrected chi connectivity index (χ4v) is 3.12. The van der Waals surface area contributed by atoms with Gasteiger partial charge in [0.05, 0.1) is 6.21 Å². The van der Waals surface area contributed by atoms with Gasteiger partial charge in [-0.15, -0.1) is 0 Å². The van der Waals surface area contributed by atoms with Crippen LogP contribution in [-0.4, -0.2) is 18.7 Å². The zero-order chi connectivity index (χ0) is 18.4. The second-order valence-corrected chi connectivity index (χ2v) is 8.03. The first-order valence-corrected chi connectivity index (χ1v) is 9.74. The molecule has 0 fully saturated rings. The average Bonchev–Trinajstić information content (AvgIpc) is 2.55. The lowest BCUT2D eigenvalue weighted by Gasteiger charge is -2.15. The van der Waals surface area contributed by atoms with E-state index in [1.165, 1.54) is 0 Å². The number of amides is 1. The summed E-state index contributed by atoms with van der Waals surface area (Å²) < 4.78 is 7.86. The Labute approximate surface area is 170 Å². The van der Waals surface area contributed by atoms with Gasteiger partial charge in [0.25, 0.3) is 5.91 Å². The molecule has 132 valence electrons. The van der Waals surface area contributed by atoms with Gasteiger partial charge >= 0.3 is 0 Å². The van der Waals surface area contributed by atoms with E-state index in [0.717, 1.165) is 30.5 Å². The van der Waals surface area contributed by atoms with Gasteiger partial charge in [0.15, 0.2) is 6.61 Å². The predicted octanol–water partition coefficient (Wildman–Crippen LogP) is 5.01. The number of aryl methyl sites for hydroxylation is 1. The maximum Gasteiger partial charge on any atom is 0.277 e. The van der Waals surface area contributed by atoms with Gasteiger partial charge in [0.2, 0.25) is 0 Å². The summed E-state index contributed by atoms with van der Waals surface area (Å²) in [6, 6.07) is 11.8. The summed E-state index contributed by atoms with van der Waals surface area (Å²) in [5, 5.41) is 3.97. The number of hydrazone groups is 1. The van der Waals surface area contributed by atoms with Crippen LogP contribution in [0.5, 0.6) is 5.75 Å². The first kappa shape index (κ1) is 19.9. The first-order chi connectivity index (χ1) is 11.9. The van der Waals surface area contributed by atoms with E-state index in [9.17, 15) is 4.79 Å². The van der Waals surface area contributed by atoms with E-state index in [2.05, 4.69) is 62.9 Å². The molecule has 0 aliphatic heterocycles. The third-order valence-electron chi connectivity index (χ3n) is 3.52. The van der Waals surface area contributed by atoms with Gasteiger partial charge in [0, 0.05) is 8.04 Å². The standard InChI is InChI=1S/C19H20BrIN2O2/c1-12(2)16-9-17(20)13(3)7-18(16)25-11-19(24)23-22-10-14-5-4-6-15(21)8-14/h4-10,12H,11H2,1-3H3,(H,23,24)/b22-10+. The molecule has 0 aliphatic carbocycles. The van der Waals surface area contributed by atoms with Crippen molar-refractivity contribution < 1.29 is 9.53 Å². The number of benzene rings is 2. The van der Waals surface area contributed by atoms with E-state index < -0.39 is 0 Å². The van der Waals surface area contributed by atoms with E-state index in [1.807, 2.05) is 43.3 Å². The van der Waals surface area contributed by atoms with Crippen LogP contribution in [0.25, 0.3) is 0 Å². The third kappa shape index (κ3) is 6.11. The van der Waals surface area contributed by atoms with Crippen molar-refractivity contribution in [3.05, 3.63) is 61.1 Å². The Kier molecular flexibility index (Phi) is 7.43. The number of hydrogen-bond acceptors (Lipinski definition) is 3. The quantitative estimate of drug-likeness (QED) is 0.334. The van der Waals surface area contributed by atoms with E-state index in [-0.39, 0.29) is 12.5 Å². The summed E-state index contributed by atoms with van der Waals surface area (Å²) >= 11 is 5.77. The minimum atomic E-state index is -0.294. The fourth-order valence-electron chi connectivity index (χ4n) is 2.19. The maximum atomic E-state index is 11.9. The number of carbonyl (C=O) groups is 1. The molecule has 0 saturated carbocycles. The molecule has 0 radical (unpaired) electrons. The molecule has 0 bridgehead atoms. The third-order valence-corrected chi connectivity index (χ3v) is 5.05. The smallest absolute Gasteiger partial charge is 0.277 e. The molecule has 1 N–H and O–H groups in total. The summed E-state index contributed by atoms with van der Waals surface area (Å²) in [6.45, 7) is 6.10. The lowest BCUT2D eigenvalue weighted by molar-refractivity contribution is -0.123. The molecule has 2 aromatic carbocycles. The number of nitrogens with zero attached hydrogens (tertiary/aromatic N) is 1. The van der Waals surface area contributed by atoms with E-state index in [4.69, 9.17) is 4.74 Å². The van der Waals surface area contributed by atoms with Crippen molar-refractivity contribution in [1.82, 2.24) is 5.43 Å². The average molecular weight is 515 g/mol. The Bertz CT molecular complexity index is 791. The van der Waals surface area contributed by atoms with Crippen molar-refractivity contribution in [2.75, 3.05) is 6.61 Å². The molecule has 0 aliphatic rings. The lowest BCUT2D eigenvalue weighted by Crippen LogP contribution is -2.25. The molecular weight excluding hydrogens is 495 g/mol. The van der Waals surface area contributed by atoms with Gasteiger partial charge in [-0.2, -0.15) is 5.10 Å². The molecule has 25 heavy (non-hydrogen) atoms. The van der Waals surface area contributed by atoms with E-state index in [0.29, 0.717) is 5.92 Å². The van der Waals surface area contributed by atoms with Crippen LogP contribution in [0.2, 0.25) is 0 Å². The van der Waals surface area contributed by atoms with Crippen LogP contribution in [0.1, 0.15) is 36.5 Å². The van der Waals surface area contributed by atoms with E-state index in [1.54, 1.807) is 6.21 Å². The fraction of sp³-hybridized carbons (Fsp3) is 0.263. The van der Waals surface area contributed by atoms with Crippen molar-refractivity contribution in [1.29, 1.82) is 0 Å². The van der Waals surface area contributed by atoms with Crippen LogP contribution in [0.15, 0.2) is 46.0 Å². The Balaban J connectivity index is 1.95. The van der Waals surface area contributed by atoms with Gasteiger partial charge < -0.3 is 4.74 Å². The van der Waals surface area contributed by atoms with Crippen LogP contribution in [0, 0.1) is 10.5 Å². The second-order valence-electron chi connectivity index (χ2n) is 5.93. The molecule has 2 rings (SSSR count). The Morgan fingerprint density at radius 2 is 2.12 bits per heavy atom. The molecule has 0 spiro atoms. The zero-order valence-corrected chi connectivity index (χ0v) is 18.1. The van der Waals surface area contributed by atoms with Gasteiger partial charge in [-0.1, -0.05) is 41.9 Å². The summed E-state index contributed by atoms with van der Waals surface area (Å²) in [6.07, 6.45) is 1.61. The second kappa shape index (κ2) is 9.33. The van der Waals surface area contributed by atoms with Crippen molar-refractivity contribution in [3.8, 4) is 5.75 Å². The minimum absolute atomic E-state index is 0.0789. The highest BCUT2D eigenvalue weighted by Crippen LogP contribution is 2.32. The van der Waals surface area contributed by atoms with Crippen LogP contribution < -0.4 is 10.2 Å². The number of halogens is 2. The highest BCUT2D eigenvalue weighted by Gasteiger charge is 2.12. The molecule has 0 aromatic heterocycles. The Morgan fingerprint density at radius 3 is 2.80 bits per heavy atom. The summed E-state index contributed by atoms with van der Waals surface area (Å²) in [7, 11) is 0. The predicted molar refractivity (Wildman–Crippen MR) is 113 cm³/mol. The summed E-state index contributed by atoms with van der Waals surface area (Å²) in [4.78, 5) is 11.9. The van der Waals surface area contributed by atoms with Crippen LogP contribution in [0.3, 0.4) is 0 Å². The van der Waals surface area contributed by atoms with Gasteiger partial charge in [-0.3, -0.25) is 4.79 Å². The normalized spacial score (nSPS) is 11.1. The first-order valence-electron chi connectivity index (χ1n) is 7.87. The molecule has 2 aromatic rings. The Morgan fingerprint density at radius 1 is 1.36 bits per heavy atom. The van der Waals surface area contributed by atoms with Gasteiger partial charge in [-0.05, 0) is 76.4 Å². The van der Waals surface area contributed by atoms with E-state index >= 15 is 0 Å². The number of ether oxygens (including phenoxy) is 1. The molecule has 0 saturated heterocycles. The molecule has 4 nitrogen and oxygen atoms in total. The Hall–Kier alpha value is -1.41. The largest absolute Gasteiger partial charge is 0.483 e. The molecule has 0 atom stereocenters. The van der Waals surface area contributed by atoms with Crippen LogP contribution >= 0.6 is 38.5 Å². The molecule has 0 unspecified atom stereocenters. The summed E-state index contributed by atoms with van der Waals surface area (Å²) in [5.41, 5.74) is 5.55. The highest BCUT2D eigenvalue weighted by molar-refractivity contribution is 14.1. The summed E-state index contributed by atoms with van der Waals surface area (Å²) in [5.74, 6) is 0.734. The van der Waals surface area contributed by atoms with Crippen LogP contribution in [-0.2, 0) is 4.79 Å². The molecule has 1 amide bonds. The highest BCUT2D eigenvalue weighted by atomic mass is 127. The van der Waals surface area contributed by atoms with Gasteiger partial charge in [0.1, 0.15) is 5.75 Å². The molecule has 0 heterocycles. The molecule has 6 heteroatoms. The number of nitrogens with one attached hydrogen (secondary N) is 1. The number of carbonyl (C=O) groups excluding carboxylic acids is 1. The SMILES string of the molecule is Cc1cc(OCC(=O)N/N=C/c2cccc(I)c2)c(C(C)C)cc1Br. The van der Waals surface area contributed by atoms with Crippen molar-refractivity contribution >= 4 is 50.6 Å². The van der Waals surface area contributed by atoms with Crippen molar-refractivity contribution in [3.63, 3.8) is 0 Å². The number of hydrogen-bond donors (Lipinski definition) is 1. The van der Waals surface area contributed by atoms with Crippen LogP contribution in [0.4, 0.5) is 0 Å². The number of rotatable bonds is 6. The lowest BCUT2D eigenvalue weighted by atomic mass is 10.0. The monoisotopic (exact) mass is 514 g/mol. The van der Waals surface area contributed by atoms with Gasteiger partial charge in [-0.25, -0.2) is 5.43 Å². The zero-order valence-electron chi connectivity index (χ0n) is 14.3. The van der Waals surface area contributed by atoms with Crippen molar-refractivity contribution in [2.45, 2.75) is 26.7 Å². The minimum Gasteiger partial charge on any atom is -0.483 e.